The smallest absolute Gasteiger partial charge is 0.236 e. The summed E-state index contributed by atoms with van der Waals surface area (Å²) in [7, 11) is 1.55. The van der Waals surface area contributed by atoms with Gasteiger partial charge in [0.2, 0.25) is 5.91 Å². The van der Waals surface area contributed by atoms with Gasteiger partial charge in [-0.05, 0) is 12.1 Å². The molecule has 0 spiro atoms. The lowest BCUT2D eigenvalue weighted by Gasteiger charge is -2.11. The minimum absolute atomic E-state index is 0.0166. The molecule has 5 nitrogen and oxygen atoms in total. The molecular formula is C10H13N3O2S. The normalized spacial score (nSPS) is 9.56. The van der Waals surface area contributed by atoms with Crippen molar-refractivity contribution in [3.05, 3.63) is 23.8 Å². The van der Waals surface area contributed by atoms with Crippen LogP contribution in [0.15, 0.2) is 18.2 Å². The summed E-state index contributed by atoms with van der Waals surface area (Å²) in [6.45, 7) is 0.0166. The van der Waals surface area contributed by atoms with Crippen LogP contribution in [0.5, 0.6) is 5.75 Å². The molecule has 6 heteroatoms. The number of anilines is 1. The molecule has 1 amide bonds. The Kier molecular flexibility index (Phi) is 4.07. The van der Waals surface area contributed by atoms with Crippen molar-refractivity contribution in [2.75, 3.05) is 19.0 Å². The van der Waals surface area contributed by atoms with E-state index < -0.39 is 5.91 Å². The van der Waals surface area contributed by atoms with Gasteiger partial charge in [0.1, 0.15) is 10.7 Å². The van der Waals surface area contributed by atoms with Gasteiger partial charge in [-0.2, -0.15) is 0 Å². The van der Waals surface area contributed by atoms with E-state index in [1.165, 1.54) is 0 Å². The van der Waals surface area contributed by atoms with Crippen LogP contribution in [0.4, 0.5) is 5.69 Å². The van der Waals surface area contributed by atoms with Crippen LogP contribution < -0.4 is 21.5 Å². The van der Waals surface area contributed by atoms with Crippen molar-refractivity contribution in [2.45, 2.75) is 0 Å². The van der Waals surface area contributed by atoms with E-state index in [1.54, 1.807) is 25.3 Å². The van der Waals surface area contributed by atoms with Crippen molar-refractivity contribution in [1.82, 2.24) is 0 Å². The van der Waals surface area contributed by atoms with Crippen molar-refractivity contribution in [1.29, 1.82) is 0 Å². The quantitative estimate of drug-likeness (QED) is 0.640. The Balaban J connectivity index is 3.00. The highest BCUT2D eigenvalue weighted by molar-refractivity contribution is 7.80. The summed E-state index contributed by atoms with van der Waals surface area (Å²) in [6, 6.07) is 5.17. The van der Waals surface area contributed by atoms with Gasteiger partial charge in [-0.15, -0.1) is 0 Å². The second-order valence-corrected chi connectivity index (χ2v) is 3.54. The molecule has 0 bridgehead atoms. The zero-order valence-electron chi connectivity index (χ0n) is 8.82. The van der Waals surface area contributed by atoms with Crippen LogP contribution in [0.3, 0.4) is 0 Å². The van der Waals surface area contributed by atoms with Gasteiger partial charge in [-0.1, -0.05) is 12.2 Å². The van der Waals surface area contributed by atoms with Gasteiger partial charge in [-0.3, -0.25) is 4.79 Å². The largest absolute Gasteiger partial charge is 0.497 e. The van der Waals surface area contributed by atoms with Crippen LogP contribution in [0, 0.1) is 0 Å². The third kappa shape index (κ3) is 3.09. The third-order valence-corrected chi connectivity index (χ3v) is 2.17. The highest BCUT2D eigenvalue weighted by Gasteiger charge is 2.07. The van der Waals surface area contributed by atoms with Crippen LogP contribution in [-0.2, 0) is 4.79 Å². The number of rotatable bonds is 5. The summed E-state index contributed by atoms with van der Waals surface area (Å²) >= 11 is 4.89. The molecule has 0 aliphatic rings. The first-order chi connectivity index (χ1) is 7.54. The maximum atomic E-state index is 10.7. The Morgan fingerprint density at radius 1 is 1.50 bits per heavy atom. The molecule has 0 saturated heterocycles. The number of amides is 1. The van der Waals surface area contributed by atoms with E-state index in [1.807, 2.05) is 0 Å². The zero-order chi connectivity index (χ0) is 12.1. The number of benzene rings is 1. The lowest BCUT2D eigenvalue weighted by Crippen LogP contribution is -2.23. The second-order valence-electron chi connectivity index (χ2n) is 3.10. The standard InChI is InChI=1S/C10H13N3O2S/c1-15-6-2-3-7(10(12)16)8(4-6)13-5-9(11)14/h2-4,13H,5H2,1H3,(H2,11,14)(H2,12,16). The first-order valence-electron chi connectivity index (χ1n) is 4.54. The topological polar surface area (TPSA) is 90.4 Å². The molecule has 86 valence electrons. The Hall–Kier alpha value is -1.82. The lowest BCUT2D eigenvalue weighted by atomic mass is 10.1. The van der Waals surface area contributed by atoms with Crippen molar-refractivity contribution in [3.63, 3.8) is 0 Å². The minimum Gasteiger partial charge on any atom is -0.497 e. The number of carbonyl (C=O) groups is 1. The molecule has 0 aliphatic heterocycles. The number of nitrogens with one attached hydrogen (secondary N) is 1. The molecule has 0 heterocycles. The Bertz CT molecular complexity index is 421. The summed E-state index contributed by atoms with van der Waals surface area (Å²) in [5.74, 6) is 0.184. The van der Waals surface area contributed by atoms with Gasteiger partial charge in [0, 0.05) is 17.3 Å². The van der Waals surface area contributed by atoms with Crippen LogP contribution in [0.25, 0.3) is 0 Å². The molecule has 0 unspecified atom stereocenters. The molecule has 5 N–H and O–H groups in total. The number of nitrogens with two attached hydrogens (primary N) is 2. The van der Waals surface area contributed by atoms with Gasteiger partial charge >= 0.3 is 0 Å². The Morgan fingerprint density at radius 2 is 2.19 bits per heavy atom. The predicted molar refractivity (Wildman–Crippen MR) is 66.6 cm³/mol. The maximum Gasteiger partial charge on any atom is 0.236 e. The van der Waals surface area contributed by atoms with E-state index >= 15 is 0 Å². The van der Waals surface area contributed by atoms with E-state index in [4.69, 9.17) is 28.4 Å². The molecule has 0 saturated carbocycles. The van der Waals surface area contributed by atoms with Crippen LogP contribution in [0.2, 0.25) is 0 Å². The van der Waals surface area contributed by atoms with E-state index in [2.05, 4.69) is 5.32 Å². The predicted octanol–water partition coefficient (Wildman–Crippen LogP) is 0.227. The summed E-state index contributed by atoms with van der Waals surface area (Å²) in [4.78, 5) is 10.9. The van der Waals surface area contributed by atoms with Gasteiger partial charge in [0.05, 0.1) is 13.7 Å². The van der Waals surface area contributed by atoms with Gasteiger partial charge in [-0.25, -0.2) is 0 Å². The number of hydrogen-bond acceptors (Lipinski definition) is 4. The minimum atomic E-state index is -0.461. The average Bonchev–Trinajstić information content (AvgIpc) is 2.25. The SMILES string of the molecule is COc1ccc(C(N)=S)c(NCC(N)=O)c1. The molecule has 16 heavy (non-hydrogen) atoms. The first-order valence-corrected chi connectivity index (χ1v) is 4.95. The summed E-state index contributed by atoms with van der Waals surface area (Å²) in [5.41, 5.74) is 11.9. The third-order valence-electron chi connectivity index (χ3n) is 1.95. The number of ether oxygens (including phenoxy) is 1. The van der Waals surface area contributed by atoms with Gasteiger partial charge in [0.25, 0.3) is 0 Å². The fourth-order valence-corrected chi connectivity index (χ4v) is 1.37. The van der Waals surface area contributed by atoms with Crippen LogP contribution in [0.1, 0.15) is 5.56 Å². The molecule has 1 aromatic carbocycles. The van der Waals surface area contributed by atoms with Crippen molar-refractivity contribution in [3.8, 4) is 5.75 Å². The maximum absolute atomic E-state index is 10.7. The molecule has 1 rings (SSSR count). The van der Waals surface area contributed by atoms with Crippen molar-refractivity contribution in [2.24, 2.45) is 11.5 Å². The fraction of sp³-hybridized carbons (Fsp3) is 0.200. The zero-order valence-corrected chi connectivity index (χ0v) is 9.64. The van der Waals surface area contributed by atoms with Crippen LogP contribution in [-0.4, -0.2) is 24.6 Å². The van der Waals surface area contributed by atoms with E-state index in [0.29, 0.717) is 17.0 Å². The monoisotopic (exact) mass is 239 g/mol. The highest BCUT2D eigenvalue weighted by atomic mass is 32.1. The molecule has 0 aliphatic carbocycles. The first kappa shape index (κ1) is 12.3. The number of thiocarbonyl (C=S) groups is 1. The number of carbonyl (C=O) groups excluding carboxylic acids is 1. The fourth-order valence-electron chi connectivity index (χ4n) is 1.19. The number of hydrogen-bond donors (Lipinski definition) is 3. The summed E-state index contributed by atoms with van der Waals surface area (Å²) < 4.78 is 5.06. The average molecular weight is 239 g/mol. The number of primary amides is 1. The number of methoxy groups -OCH3 is 1. The molecule has 0 atom stereocenters. The Labute approximate surface area is 98.8 Å². The summed E-state index contributed by atoms with van der Waals surface area (Å²) in [6.07, 6.45) is 0. The summed E-state index contributed by atoms with van der Waals surface area (Å²) in [5, 5.41) is 2.85. The van der Waals surface area contributed by atoms with Crippen molar-refractivity contribution < 1.29 is 9.53 Å². The molecule has 0 radical (unpaired) electrons. The molecule has 1 aromatic rings. The lowest BCUT2D eigenvalue weighted by molar-refractivity contribution is -0.116. The molecule has 0 aromatic heterocycles. The Morgan fingerprint density at radius 3 is 2.69 bits per heavy atom. The molecule has 0 fully saturated rings. The van der Waals surface area contributed by atoms with E-state index in [-0.39, 0.29) is 11.5 Å². The van der Waals surface area contributed by atoms with E-state index in [0.717, 1.165) is 0 Å². The second kappa shape index (κ2) is 5.32. The van der Waals surface area contributed by atoms with Gasteiger partial charge < -0.3 is 21.5 Å². The highest BCUT2D eigenvalue weighted by Crippen LogP contribution is 2.22. The van der Waals surface area contributed by atoms with Crippen LogP contribution >= 0.6 is 12.2 Å². The van der Waals surface area contributed by atoms with E-state index in [9.17, 15) is 4.79 Å². The molecular weight excluding hydrogens is 226 g/mol. The van der Waals surface area contributed by atoms with Crippen molar-refractivity contribution >= 4 is 28.8 Å². The van der Waals surface area contributed by atoms with Gasteiger partial charge in [0.15, 0.2) is 0 Å².